The van der Waals surface area contributed by atoms with Crippen molar-refractivity contribution < 1.29 is 14.2 Å². The van der Waals surface area contributed by atoms with E-state index in [9.17, 15) is 0 Å². The van der Waals surface area contributed by atoms with Crippen LogP contribution in [0.4, 0.5) is 0 Å². The van der Waals surface area contributed by atoms with Crippen LogP contribution in [-0.4, -0.2) is 32.5 Å². The highest BCUT2D eigenvalue weighted by Crippen LogP contribution is 2.17. The molecule has 88 valence electrons. The van der Waals surface area contributed by atoms with E-state index in [0.717, 1.165) is 13.0 Å². The number of methoxy groups -OCH3 is 1. The smallest absolute Gasteiger partial charge is 0.0835 e. The van der Waals surface area contributed by atoms with Gasteiger partial charge in [-0.2, -0.15) is 0 Å². The average molecular weight is 222 g/mol. The van der Waals surface area contributed by atoms with Gasteiger partial charge in [-0.25, -0.2) is 0 Å². The molecule has 1 aromatic rings. The van der Waals surface area contributed by atoms with Gasteiger partial charge in [0.1, 0.15) is 0 Å². The van der Waals surface area contributed by atoms with E-state index in [-0.39, 0.29) is 6.10 Å². The molecule has 2 rings (SSSR count). The quantitative estimate of drug-likeness (QED) is 0.661. The summed E-state index contributed by atoms with van der Waals surface area (Å²) in [5.41, 5.74) is 1.19. The van der Waals surface area contributed by atoms with E-state index in [0.29, 0.717) is 19.3 Å². The second-order valence-corrected chi connectivity index (χ2v) is 4.05. The van der Waals surface area contributed by atoms with Crippen LogP contribution in [0.25, 0.3) is 0 Å². The van der Waals surface area contributed by atoms with E-state index in [1.54, 1.807) is 7.11 Å². The Bertz CT molecular complexity index is 295. The van der Waals surface area contributed by atoms with E-state index < -0.39 is 0 Å². The molecule has 0 saturated carbocycles. The molecule has 1 heterocycles. The maximum Gasteiger partial charge on any atom is 0.0835 e. The van der Waals surface area contributed by atoms with Crippen LogP contribution in [0.1, 0.15) is 12.0 Å². The van der Waals surface area contributed by atoms with Crippen LogP contribution in [0.3, 0.4) is 0 Å². The molecule has 0 aliphatic carbocycles. The zero-order valence-electron chi connectivity index (χ0n) is 9.59. The third-order valence-electron chi connectivity index (χ3n) is 2.68. The standard InChI is InChI=1S/C13H18O3/c1-14-12(7-13-10-16-13)9-15-8-11-5-3-2-4-6-11/h2-6,12-13H,7-10H2,1H3/t12-,13+/m0/s1. The van der Waals surface area contributed by atoms with Gasteiger partial charge in [-0.3, -0.25) is 0 Å². The summed E-state index contributed by atoms with van der Waals surface area (Å²) in [5, 5.41) is 0. The summed E-state index contributed by atoms with van der Waals surface area (Å²) in [7, 11) is 1.72. The average Bonchev–Trinajstić information content (AvgIpc) is 3.13. The molecule has 1 aromatic carbocycles. The molecule has 0 amide bonds. The third-order valence-corrected chi connectivity index (χ3v) is 2.68. The molecule has 0 unspecified atom stereocenters. The Kier molecular flexibility index (Phi) is 4.34. The minimum absolute atomic E-state index is 0.149. The van der Waals surface area contributed by atoms with Gasteiger partial charge in [0.15, 0.2) is 0 Å². The maximum atomic E-state index is 5.62. The van der Waals surface area contributed by atoms with Crippen molar-refractivity contribution in [2.24, 2.45) is 0 Å². The lowest BCUT2D eigenvalue weighted by atomic mass is 10.2. The number of ether oxygens (including phenoxy) is 3. The lowest BCUT2D eigenvalue weighted by Crippen LogP contribution is -2.20. The van der Waals surface area contributed by atoms with Crippen LogP contribution in [0.2, 0.25) is 0 Å². The monoisotopic (exact) mass is 222 g/mol. The van der Waals surface area contributed by atoms with E-state index in [1.165, 1.54) is 5.56 Å². The lowest BCUT2D eigenvalue weighted by molar-refractivity contribution is -0.00509. The first-order chi connectivity index (χ1) is 7.88. The predicted molar refractivity (Wildman–Crippen MR) is 61.3 cm³/mol. The minimum Gasteiger partial charge on any atom is -0.379 e. The van der Waals surface area contributed by atoms with Gasteiger partial charge in [0, 0.05) is 13.5 Å². The zero-order valence-corrected chi connectivity index (χ0v) is 9.59. The van der Waals surface area contributed by atoms with Crippen LogP contribution in [0.15, 0.2) is 30.3 Å². The number of rotatable bonds is 7. The molecule has 16 heavy (non-hydrogen) atoms. The van der Waals surface area contributed by atoms with Gasteiger partial charge in [-0.05, 0) is 5.56 Å². The third kappa shape index (κ3) is 3.93. The minimum atomic E-state index is 0.149. The van der Waals surface area contributed by atoms with Gasteiger partial charge in [-0.1, -0.05) is 30.3 Å². The largest absolute Gasteiger partial charge is 0.379 e. The molecular formula is C13H18O3. The molecule has 3 nitrogen and oxygen atoms in total. The predicted octanol–water partition coefficient (Wildman–Crippen LogP) is 2.01. The second kappa shape index (κ2) is 5.99. The van der Waals surface area contributed by atoms with E-state index in [2.05, 4.69) is 12.1 Å². The van der Waals surface area contributed by atoms with E-state index in [1.807, 2.05) is 18.2 Å². The molecule has 0 radical (unpaired) electrons. The number of benzene rings is 1. The number of hydrogen-bond acceptors (Lipinski definition) is 3. The molecule has 0 bridgehead atoms. The van der Waals surface area contributed by atoms with Crippen molar-refractivity contribution in [2.45, 2.75) is 25.2 Å². The van der Waals surface area contributed by atoms with Gasteiger partial charge in [0.25, 0.3) is 0 Å². The van der Waals surface area contributed by atoms with Gasteiger partial charge in [0.2, 0.25) is 0 Å². The van der Waals surface area contributed by atoms with Gasteiger partial charge >= 0.3 is 0 Å². The van der Waals surface area contributed by atoms with E-state index in [4.69, 9.17) is 14.2 Å². The van der Waals surface area contributed by atoms with Crippen molar-refractivity contribution in [1.82, 2.24) is 0 Å². The fraction of sp³-hybridized carbons (Fsp3) is 0.538. The van der Waals surface area contributed by atoms with Crippen LogP contribution >= 0.6 is 0 Å². The summed E-state index contributed by atoms with van der Waals surface area (Å²) in [4.78, 5) is 0. The fourth-order valence-electron chi connectivity index (χ4n) is 1.61. The van der Waals surface area contributed by atoms with Crippen LogP contribution in [0, 0.1) is 0 Å². The lowest BCUT2D eigenvalue weighted by Gasteiger charge is -2.14. The first-order valence-corrected chi connectivity index (χ1v) is 5.64. The van der Waals surface area contributed by atoms with Crippen molar-refractivity contribution >= 4 is 0 Å². The van der Waals surface area contributed by atoms with Gasteiger partial charge < -0.3 is 14.2 Å². The van der Waals surface area contributed by atoms with Gasteiger partial charge in [-0.15, -0.1) is 0 Å². The van der Waals surface area contributed by atoms with Crippen LogP contribution in [0.5, 0.6) is 0 Å². The number of hydrogen-bond donors (Lipinski definition) is 0. The highest BCUT2D eigenvalue weighted by atomic mass is 16.6. The van der Waals surface area contributed by atoms with Crippen molar-refractivity contribution in [2.75, 3.05) is 20.3 Å². The van der Waals surface area contributed by atoms with Gasteiger partial charge in [0.05, 0.1) is 32.0 Å². The van der Waals surface area contributed by atoms with Crippen molar-refractivity contribution in [3.63, 3.8) is 0 Å². The van der Waals surface area contributed by atoms with Crippen molar-refractivity contribution in [1.29, 1.82) is 0 Å². The molecule has 2 atom stereocenters. The molecule has 1 saturated heterocycles. The second-order valence-electron chi connectivity index (χ2n) is 4.05. The summed E-state index contributed by atoms with van der Waals surface area (Å²) in [6.07, 6.45) is 1.48. The summed E-state index contributed by atoms with van der Waals surface area (Å²) in [5.74, 6) is 0. The van der Waals surface area contributed by atoms with Crippen molar-refractivity contribution in [3.8, 4) is 0 Å². The molecule has 0 spiro atoms. The Labute approximate surface area is 96.3 Å². The Hall–Kier alpha value is -0.900. The summed E-state index contributed by atoms with van der Waals surface area (Å²) >= 11 is 0. The molecule has 1 aliphatic rings. The zero-order chi connectivity index (χ0) is 11.2. The number of epoxide rings is 1. The fourth-order valence-corrected chi connectivity index (χ4v) is 1.61. The Morgan fingerprint density at radius 3 is 2.75 bits per heavy atom. The van der Waals surface area contributed by atoms with E-state index >= 15 is 0 Å². The van der Waals surface area contributed by atoms with Crippen LogP contribution in [-0.2, 0) is 20.8 Å². The summed E-state index contributed by atoms with van der Waals surface area (Å²) < 4.78 is 16.1. The molecule has 1 aliphatic heterocycles. The molecule has 0 N–H and O–H groups in total. The SMILES string of the molecule is CO[C@H](COCc1ccccc1)C[C@@H]1CO1. The first-order valence-electron chi connectivity index (χ1n) is 5.64. The molecule has 0 aromatic heterocycles. The molecule has 3 heteroatoms. The van der Waals surface area contributed by atoms with Crippen LogP contribution < -0.4 is 0 Å². The normalized spacial score (nSPS) is 20.7. The first kappa shape index (κ1) is 11.6. The summed E-state index contributed by atoms with van der Waals surface area (Å²) in [6.45, 7) is 2.15. The Morgan fingerprint density at radius 1 is 1.38 bits per heavy atom. The maximum absolute atomic E-state index is 5.62. The molecule has 1 fully saturated rings. The molecular weight excluding hydrogens is 204 g/mol. The summed E-state index contributed by atoms with van der Waals surface area (Å²) in [6, 6.07) is 10.2. The Balaban J connectivity index is 1.65. The van der Waals surface area contributed by atoms with Crippen molar-refractivity contribution in [3.05, 3.63) is 35.9 Å². The highest BCUT2D eigenvalue weighted by molar-refractivity contribution is 5.13. The Morgan fingerprint density at radius 2 is 2.12 bits per heavy atom. The topological polar surface area (TPSA) is 31.0 Å². The highest BCUT2D eigenvalue weighted by Gasteiger charge is 2.26.